The van der Waals surface area contributed by atoms with E-state index in [1.165, 1.54) is 12.1 Å². The number of aliphatic hydroxyl groups excluding tert-OH is 1. The summed E-state index contributed by atoms with van der Waals surface area (Å²) in [4.78, 5) is 22.9. The number of ketones is 1. The van der Waals surface area contributed by atoms with E-state index in [2.05, 4.69) is 4.74 Å². The van der Waals surface area contributed by atoms with Gasteiger partial charge in [0.1, 0.15) is 11.6 Å². The van der Waals surface area contributed by atoms with Gasteiger partial charge >= 0.3 is 5.97 Å². The molecular formula is C17H16FNO4. The molecule has 0 fully saturated rings. The molecule has 0 bridgehead atoms. The normalized spacial score (nSPS) is 11.3. The van der Waals surface area contributed by atoms with Crippen molar-refractivity contribution in [3.8, 4) is 0 Å². The monoisotopic (exact) mass is 317 g/mol. The van der Waals surface area contributed by atoms with Crippen LogP contribution in [0, 0.1) is 5.82 Å². The van der Waals surface area contributed by atoms with Crippen LogP contribution in [0.3, 0.4) is 0 Å². The lowest BCUT2D eigenvalue weighted by atomic mass is 10.2. The summed E-state index contributed by atoms with van der Waals surface area (Å²) in [5.74, 6) is -2.62. The van der Waals surface area contributed by atoms with Gasteiger partial charge in [-0.3, -0.25) is 4.79 Å². The predicted molar refractivity (Wildman–Crippen MR) is 82.2 cm³/mol. The average molecular weight is 317 g/mol. The molecule has 0 saturated carbocycles. The molecular weight excluding hydrogens is 301 g/mol. The first-order valence-electron chi connectivity index (χ1n) is 7.03. The first kappa shape index (κ1) is 16.5. The van der Waals surface area contributed by atoms with Gasteiger partial charge in [-0.05, 0) is 36.8 Å². The van der Waals surface area contributed by atoms with Crippen molar-refractivity contribution in [3.05, 3.63) is 65.7 Å². The zero-order valence-electron chi connectivity index (χ0n) is 12.5. The van der Waals surface area contributed by atoms with E-state index in [9.17, 15) is 19.1 Å². The lowest BCUT2D eigenvalue weighted by molar-refractivity contribution is -0.151. The summed E-state index contributed by atoms with van der Waals surface area (Å²) in [6.45, 7) is 2.05. The second-order valence-corrected chi connectivity index (χ2v) is 4.76. The van der Waals surface area contributed by atoms with Gasteiger partial charge in [0.15, 0.2) is 0 Å². The molecule has 0 aliphatic heterocycles. The summed E-state index contributed by atoms with van der Waals surface area (Å²) in [5, 5.41) is 10.1. The number of hydrogen-bond acceptors (Lipinski definition) is 4. The number of ether oxygens (including phenoxy) is 1. The van der Waals surface area contributed by atoms with E-state index in [0.717, 1.165) is 11.6 Å². The van der Waals surface area contributed by atoms with Crippen molar-refractivity contribution in [2.45, 2.75) is 13.5 Å². The SMILES string of the molecule is CCOC(=O)C(=O)C=C(O)c1cccn1Cc1ccc(F)cc1. The zero-order chi connectivity index (χ0) is 16.8. The fourth-order valence-electron chi connectivity index (χ4n) is 2.03. The molecule has 1 aromatic carbocycles. The molecule has 0 aliphatic carbocycles. The van der Waals surface area contributed by atoms with Crippen molar-refractivity contribution >= 4 is 17.5 Å². The van der Waals surface area contributed by atoms with E-state index >= 15 is 0 Å². The Hall–Kier alpha value is -2.89. The molecule has 5 nitrogen and oxygen atoms in total. The highest BCUT2D eigenvalue weighted by Gasteiger charge is 2.15. The lowest BCUT2D eigenvalue weighted by Crippen LogP contribution is -2.15. The molecule has 120 valence electrons. The molecule has 0 radical (unpaired) electrons. The van der Waals surface area contributed by atoms with Crippen molar-refractivity contribution in [2.75, 3.05) is 6.61 Å². The van der Waals surface area contributed by atoms with Gasteiger partial charge in [-0.2, -0.15) is 0 Å². The molecule has 0 unspecified atom stereocenters. The fourth-order valence-corrected chi connectivity index (χ4v) is 2.03. The number of esters is 1. The van der Waals surface area contributed by atoms with Gasteiger partial charge in [0.2, 0.25) is 0 Å². The number of benzene rings is 1. The van der Waals surface area contributed by atoms with Crippen molar-refractivity contribution in [1.82, 2.24) is 4.57 Å². The van der Waals surface area contributed by atoms with E-state index in [4.69, 9.17) is 0 Å². The molecule has 1 heterocycles. The topological polar surface area (TPSA) is 68.5 Å². The highest BCUT2D eigenvalue weighted by Crippen LogP contribution is 2.15. The number of halogens is 1. The second kappa shape index (κ2) is 7.40. The van der Waals surface area contributed by atoms with Gasteiger partial charge in [0.05, 0.1) is 12.3 Å². The van der Waals surface area contributed by atoms with Crippen molar-refractivity contribution in [2.24, 2.45) is 0 Å². The van der Waals surface area contributed by atoms with E-state index in [0.29, 0.717) is 12.2 Å². The highest BCUT2D eigenvalue weighted by atomic mass is 19.1. The molecule has 2 aromatic rings. The van der Waals surface area contributed by atoms with Gasteiger partial charge in [-0.25, -0.2) is 9.18 Å². The van der Waals surface area contributed by atoms with Crippen LogP contribution in [0.4, 0.5) is 4.39 Å². The molecule has 6 heteroatoms. The first-order chi connectivity index (χ1) is 11.0. The van der Waals surface area contributed by atoms with Crippen LogP contribution in [0.1, 0.15) is 18.2 Å². The first-order valence-corrected chi connectivity index (χ1v) is 7.03. The largest absolute Gasteiger partial charge is 0.506 e. The van der Waals surface area contributed by atoms with Gasteiger partial charge in [0.25, 0.3) is 5.78 Å². The van der Waals surface area contributed by atoms with Crippen LogP contribution in [-0.2, 0) is 20.9 Å². The number of carbonyl (C=O) groups is 2. The van der Waals surface area contributed by atoms with Crippen molar-refractivity contribution in [1.29, 1.82) is 0 Å². The van der Waals surface area contributed by atoms with E-state index < -0.39 is 11.8 Å². The Morgan fingerprint density at radius 3 is 2.61 bits per heavy atom. The number of nitrogens with zero attached hydrogens (tertiary/aromatic N) is 1. The van der Waals surface area contributed by atoms with Crippen LogP contribution in [0.2, 0.25) is 0 Å². The molecule has 0 amide bonds. The number of aliphatic hydroxyl groups is 1. The van der Waals surface area contributed by atoms with Gasteiger partial charge in [-0.1, -0.05) is 12.1 Å². The zero-order valence-corrected chi connectivity index (χ0v) is 12.5. The number of rotatable bonds is 6. The molecule has 0 aliphatic rings. The maximum absolute atomic E-state index is 12.9. The van der Waals surface area contributed by atoms with Crippen molar-refractivity contribution < 1.29 is 23.8 Å². The minimum absolute atomic E-state index is 0.0835. The summed E-state index contributed by atoms with van der Waals surface area (Å²) in [5.41, 5.74) is 1.19. The Bertz CT molecular complexity index is 731. The van der Waals surface area contributed by atoms with E-state index in [-0.39, 0.29) is 18.2 Å². The van der Waals surface area contributed by atoms with Crippen molar-refractivity contribution in [3.63, 3.8) is 0 Å². The maximum atomic E-state index is 12.9. The van der Waals surface area contributed by atoms with E-state index in [1.54, 1.807) is 42.0 Å². The van der Waals surface area contributed by atoms with Gasteiger partial charge in [0, 0.05) is 18.8 Å². The predicted octanol–water partition coefficient (Wildman–Crippen LogP) is 2.71. The summed E-state index contributed by atoms with van der Waals surface area (Å²) >= 11 is 0. The van der Waals surface area contributed by atoms with Crippen LogP contribution >= 0.6 is 0 Å². The minimum Gasteiger partial charge on any atom is -0.506 e. The molecule has 23 heavy (non-hydrogen) atoms. The van der Waals surface area contributed by atoms with Gasteiger partial charge in [-0.15, -0.1) is 0 Å². The minimum atomic E-state index is -1.02. The Morgan fingerprint density at radius 1 is 1.26 bits per heavy atom. The van der Waals surface area contributed by atoms with Crippen LogP contribution in [0.15, 0.2) is 48.7 Å². The van der Waals surface area contributed by atoms with E-state index in [1.807, 2.05) is 0 Å². The van der Waals surface area contributed by atoms with Gasteiger partial charge < -0.3 is 14.4 Å². The second-order valence-electron chi connectivity index (χ2n) is 4.76. The average Bonchev–Trinajstić information content (AvgIpc) is 2.98. The Labute approximate surface area is 132 Å². The Balaban J connectivity index is 2.18. The molecule has 2 rings (SSSR count). The quantitative estimate of drug-likeness (QED) is 0.385. The fraction of sp³-hybridized carbons (Fsp3) is 0.176. The van der Waals surface area contributed by atoms with Crippen LogP contribution in [-0.4, -0.2) is 28.0 Å². The third-order valence-corrected chi connectivity index (χ3v) is 3.10. The molecule has 0 atom stereocenters. The number of aromatic nitrogens is 1. The molecule has 0 spiro atoms. The number of hydrogen-bond donors (Lipinski definition) is 1. The maximum Gasteiger partial charge on any atom is 0.379 e. The smallest absolute Gasteiger partial charge is 0.379 e. The highest BCUT2D eigenvalue weighted by molar-refractivity contribution is 6.39. The summed E-state index contributed by atoms with van der Waals surface area (Å²) in [7, 11) is 0. The summed E-state index contributed by atoms with van der Waals surface area (Å²) in [6, 6.07) is 9.25. The van der Waals surface area contributed by atoms with Crippen LogP contribution < -0.4 is 0 Å². The van der Waals surface area contributed by atoms with Crippen LogP contribution in [0.5, 0.6) is 0 Å². The molecule has 1 N–H and O–H groups in total. The lowest BCUT2D eigenvalue weighted by Gasteiger charge is -2.09. The Kier molecular flexibility index (Phi) is 5.30. The number of carbonyl (C=O) groups excluding carboxylic acids is 2. The third kappa shape index (κ3) is 4.29. The summed E-state index contributed by atoms with van der Waals surface area (Å²) < 4.78 is 19.2. The molecule has 0 saturated heterocycles. The Morgan fingerprint density at radius 2 is 1.96 bits per heavy atom. The van der Waals surface area contributed by atoms with Crippen LogP contribution in [0.25, 0.3) is 5.76 Å². The standard InChI is InChI=1S/C17H16FNO4/c1-2-23-17(22)16(21)10-15(20)14-4-3-9-19(14)11-12-5-7-13(18)8-6-12/h3-10,20H,2,11H2,1H3. The molecule has 1 aromatic heterocycles. The summed E-state index contributed by atoms with van der Waals surface area (Å²) in [6.07, 6.45) is 2.53. The third-order valence-electron chi connectivity index (χ3n) is 3.10.